The molecular weight excluding hydrogens is 278 g/mol. The highest BCUT2D eigenvalue weighted by Crippen LogP contribution is 2.28. The highest BCUT2D eigenvalue weighted by molar-refractivity contribution is 5.69. The Morgan fingerprint density at radius 2 is 2.19 bits per heavy atom. The van der Waals surface area contributed by atoms with Crippen LogP contribution in [0.1, 0.15) is 19.3 Å². The number of nitrogens with two attached hydrogens (primary N) is 1. The number of carbonyl (C=O) groups excluding carboxylic acids is 1. The van der Waals surface area contributed by atoms with Crippen LogP contribution in [-0.2, 0) is 9.53 Å². The van der Waals surface area contributed by atoms with Gasteiger partial charge < -0.3 is 15.4 Å². The number of piperidine rings is 1. The summed E-state index contributed by atoms with van der Waals surface area (Å²) in [6.45, 7) is 1.04. The smallest absolute Gasteiger partial charge is 0.305 e. The van der Waals surface area contributed by atoms with Gasteiger partial charge in [0.2, 0.25) is 0 Å². The van der Waals surface area contributed by atoms with Gasteiger partial charge in [0.15, 0.2) is 11.6 Å². The SMILES string of the molecule is COC(=O)CCC1CC(N)CN(c2cccc(F)c2F)C1. The van der Waals surface area contributed by atoms with Crippen molar-refractivity contribution in [2.45, 2.75) is 25.3 Å². The van der Waals surface area contributed by atoms with Crippen molar-refractivity contribution in [3.8, 4) is 0 Å². The van der Waals surface area contributed by atoms with Crippen LogP contribution < -0.4 is 10.6 Å². The maximum absolute atomic E-state index is 13.9. The first kappa shape index (κ1) is 15.7. The normalized spacial score (nSPS) is 22.2. The van der Waals surface area contributed by atoms with Crippen LogP contribution in [0.3, 0.4) is 0 Å². The minimum Gasteiger partial charge on any atom is -0.469 e. The average Bonchev–Trinajstić information content (AvgIpc) is 2.47. The summed E-state index contributed by atoms with van der Waals surface area (Å²) in [6, 6.07) is 4.01. The van der Waals surface area contributed by atoms with Gasteiger partial charge in [0.25, 0.3) is 0 Å². The maximum atomic E-state index is 13.9. The molecule has 2 rings (SSSR count). The van der Waals surface area contributed by atoms with Crippen LogP contribution in [-0.4, -0.2) is 32.2 Å². The number of hydrogen-bond donors (Lipinski definition) is 1. The molecule has 1 aliphatic rings. The Bertz CT molecular complexity index is 510. The van der Waals surface area contributed by atoms with E-state index in [1.807, 2.05) is 0 Å². The molecule has 0 aliphatic carbocycles. The van der Waals surface area contributed by atoms with Crippen molar-refractivity contribution in [2.75, 3.05) is 25.1 Å². The standard InChI is InChI=1S/C15H20F2N2O2/c1-21-14(20)6-5-10-7-11(18)9-19(8-10)13-4-2-3-12(16)15(13)17/h2-4,10-11H,5-9,18H2,1H3. The van der Waals surface area contributed by atoms with Gasteiger partial charge in [-0.25, -0.2) is 8.78 Å². The van der Waals surface area contributed by atoms with Crippen LogP contribution in [0.25, 0.3) is 0 Å². The Kier molecular flexibility index (Phi) is 5.12. The number of anilines is 1. The highest BCUT2D eigenvalue weighted by atomic mass is 19.2. The van der Waals surface area contributed by atoms with Crippen molar-refractivity contribution in [1.29, 1.82) is 0 Å². The van der Waals surface area contributed by atoms with E-state index in [4.69, 9.17) is 5.73 Å². The van der Waals surface area contributed by atoms with E-state index in [0.29, 0.717) is 25.9 Å². The second kappa shape index (κ2) is 6.85. The molecule has 1 fully saturated rings. The first-order chi connectivity index (χ1) is 10.0. The van der Waals surface area contributed by atoms with Gasteiger partial charge in [-0.2, -0.15) is 0 Å². The summed E-state index contributed by atoms with van der Waals surface area (Å²) in [5.74, 6) is -1.82. The second-order valence-electron chi connectivity index (χ2n) is 5.45. The summed E-state index contributed by atoms with van der Waals surface area (Å²) in [4.78, 5) is 13.0. The van der Waals surface area contributed by atoms with E-state index in [-0.39, 0.29) is 23.6 Å². The molecule has 4 nitrogen and oxygen atoms in total. The van der Waals surface area contributed by atoms with Crippen LogP contribution in [0.5, 0.6) is 0 Å². The van der Waals surface area contributed by atoms with Crippen molar-refractivity contribution in [3.05, 3.63) is 29.8 Å². The Hall–Kier alpha value is -1.69. The molecule has 21 heavy (non-hydrogen) atoms. The third-order valence-electron chi connectivity index (χ3n) is 3.83. The van der Waals surface area contributed by atoms with Gasteiger partial charge in [-0.3, -0.25) is 4.79 Å². The van der Waals surface area contributed by atoms with E-state index in [1.54, 1.807) is 11.0 Å². The lowest BCUT2D eigenvalue weighted by Crippen LogP contribution is -2.47. The van der Waals surface area contributed by atoms with Crippen molar-refractivity contribution in [1.82, 2.24) is 0 Å². The van der Waals surface area contributed by atoms with Gasteiger partial charge in [-0.15, -0.1) is 0 Å². The lowest BCUT2D eigenvalue weighted by Gasteiger charge is -2.38. The fraction of sp³-hybridized carbons (Fsp3) is 0.533. The Balaban J connectivity index is 2.06. The topological polar surface area (TPSA) is 55.6 Å². The average molecular weight is 298 g/mol. The largest absolute Gasteiger partial charge is 0.469 e. The molecule has 1 saturated heterocycles. The summed E-state index contributed by atoms with van der Waals surface area (Å²) in [7, 11) is 1.35. The first-order valence-corrected chi connectivity index (χ1v) is 7.02. The van der Waals surface area contributed by atoms with Crippen molar-refractivity contribution >= 4 is 11.7 Å². The summed E-state index contributed by atoms with van der Waals surface area (Å²) in [5.41, 5.74) is 6.24. The van der Waals surface area contributed by atoms with Gasteiger partial charge in [-0.05, 0) is 30.9 Å². The van der Waals surface area contributed by atoms with Gasteiger partial charge in [0.1, 0.15) is 0 Å². The molecular formula is C15H20F2N2O2. The number of hydrogen-bond acceptors (Lipinski definition) is 4. The molecule has 1 aromatic rings. The van der Waals surface area contributed by atoms with Crippen molar-refractivity contribution in [3.63, 3.8) is 0 Å². The fourth-order valence-corrected chi connectivity index (χ4v) is 2.81. The maximum Gasteiger partial charge on any atom is 0.305 e. The van der Waals surface area contributed by atoms with Crippen LogP contribution >= 0.6 is 0 Å². The molecule has 0 radical (unpaired) electrons. The van der Waals surface area contributed by atoms with E-state index < -0.39 is 11.6 Å². The van der Waals surface area contributed by atoms with Crippen LogP contribution in [0.15, 0.2) is 18.2 Å². The molecule has 2 atom stereocenters. The molecule has 1 aliphatic heterocycles. The van der Waals surface area contributed by atoms with Crippen molar-refractivity contribution in [2.24, 2.45) is 11.7 Å². The molecule has 2 N–H and O–H groups in total. The molecule has 6 heteroatoms. The van der Waals surface area contributed by atoms with Gasteiger partial charge >= 0.3 is 5.97 Å². The molecule has 1 heterocycles. The number of ether oxygens (including phenoxy) is 1. The highest BCUT2D eigenvalue weighted by Gasteiger charge is 2.27. The molecule has 2 unspecified atom stereocenters. The lowest BCUT2D eigenvalue weighted by molar-refractivity contribution is -0.141. The van der Waals surface area contributed by atoms with Crippen molar-refractivity contribution < 1.29 is 18.3 Å². The zero-order valence-electron chi connectivity index (χ0n) is 12.0. The summed E-state index contributed by atoms with van der Waals surface area (Å²) in [5, 5.41) is 0. The lowest BCUT2D eigenvalue weighted by atomic mass is 9.90. The molecule has 1 aromatic carbocycles. The van der Waals surface area contributed by atoms with E-state index >= 15 is 0 Å². The minimum atomic E-state index is -0.863. The monoisotopic (exact) mass is 298 g/mol. The summed E-state index contributed by atoms with van der Waals surface area (Å²) >= 11 is 0. The van der Waals surface area contributed by atoms with Crippen LogP contribution in [0.2, 0.25) is 0 Å². The van der Waals surface area contributed by atoms with Crippen LogP contribution in [0, 0.1) is 17.6 Å². The van der Waals surface area contributed by atoms with Gasteiger partial charge in [0, 0.05) is 25.6 Å². The van der Waals surface area contributed by atoms with Gasteiger partial charge in [-0.1, -0.05) is 6.07 Å². The first-order valence-electron chi connectivity index (χ1n) is 7.02. The Morgan fingerprint density at radius 1 is 1.43 bits per heavy atom. The number of methoxy groups -OCH3 is 1. The second-order valence-corrected chi connectivity index (χ2v) is 5.45. The fourth-order valence-electron chi connectivity index (χ4n) is 2.81. The van der Waals surface area contributed by atoms with Gasteiger partial charge in [0.05, 0.1) is 12.8 Å². The third-order valence-corrected chi connectivity index (χ3v) is 3.83. The number of carbonyl (C=O) groups is 1. The molecule has 0 amide bonds. The summed E-state index contributed by atoms with van der Waals surface area (Å²) in [6.07, 6.45) is 1.71. The van der Waals surface area contributed by atoms with E-state index in [2.05, 4.69) is 4.74 Å². The summed E-state index contributed by atoms with van der Waals surface area (Å²) < 4.78 is 31.8. The number of rotatable bonds is 4. The van der Waals surface area contributed by atoms with E-state index in [0.717, 1.165) is 12.5 Å². The molecule has 0 aromatic heterocycles. The van der Waals surface area contributed by atoms with E-state index in [9.17, 15) is 13.6 Å². The predicted molar refractivity (Wildman–Crippen MR) is 75.9 cm³/mol. The molecule has 0 spiro atoms. The number of nitrogens with zero attached hydrogens (tertiary/aromatic N) is 1. The number of halogens is 2. The minimum absolute atomic E-state index is 0.121. The third kappa shape index (κ3) is 3.91. The zero-order valence-corrected chi connectivity index (χ0v) is 12.0. The molecule has 116 valence electrons. The number of esters is 1. The Labute approximate surface area is 122 Å². The van der Waals surface area contributed by atoms with E-state index in [1.165, 1.54) is 13.2 Å². The number of benzene rings is 1. The Morgan fingerprint density at radius 3 is 2.90 bits per heavy atom. The zero-order chi connectivity index (χ0) is 15.4. The molecule has 0 saturated carbocycles. The molecule has 0 bridgehead atoms. The quantitative estimate of drug-likeness (QED) is 0.865. The predicted octanol–water partition coefficient (Wildman–Crippen LogP) is 2.07. The van der Waals surface area contributed by atoms with Crippen LogP contribution in [0.4, 0.5) is 14.5 Å².